The summed E-state index contributed by atoms with van der Waals surface area (Å²) in [5.74, 6) is 0.0745. The molecule has 1 aromatic rings. The highest BCUT2D eigenvalue weighted by Crippen LogP contribution is 2.41. The molecular weight excluding hydrogens is 368 g/mol. The molecule has 2 saturated heterocycles. The number of sulfone groups is 1. The predicted octanol–water partition coefficient (Wildman–Crippen LogP) is 3.13. The minimum atomic E-state index is -3.05. The first-order valence-corrected chi connectivity index (χ1v) is 11.0. The average molecular weight is 387 g/mol. The molecule has 0 unspecified atom stereocenters. The number of hydrogen-bond donors (Lipinski definition) is 0. The van der Waals surface area contributed by atoms with Crippen LogP contribution in [0, 0.1) is 0 Å². The van der Waals surface area contributed by atoms with Crippen LogP contribution in [0.25, 0.3) is 0 Å². The van der Waals surface area contributed by atoms with E-state index in [4.69, 9.17) is 11.6 Å². The van der Waals surface area contributed by atoms with Gasteiger partial charge in [0.2, 0.25) is 5.91 Å². The molecular formula is C16H19ClN2O3S2. The second-order valence-electron chi connectivity index (χ2n) is 6.04. The van der Waals surface area contributed by atoms with Crippen molar-refractivity contribution in [3.8, 4) is 0 Å². The normalized spacial score (nSPS) is 26.8. The number of unbranched alkanes of at least 4 members (excludes halogenated alkanes) is 1. The maximum absolute atomic E-state index is 12.1. The van der Waals surface area contributed by atoms with Crippen molar-refractivity contribution in [1.29, 1.82) is 0 Å². The lowest BCUT2D eigenvalue weighted by Crippen LogP contribution is -2.37. The minimum absolute atomic E-state index is 0.0802. The third-order valence-electron chi connectivity index (χ3n) is 4.14. The fourth-order valence-electron chi connectivity index (χ4n) is 2.96. The molecule has 2 aliphatic heterocycles. The van der Waals surface area contributed by atoms with Crippen LogP contribution in [-0.2, 0) is 14.6 Å². The number of thioether (sulfide) groups is 1. The van der Waals surface area contributed by atoms with Crippen molar-refractivity contribution in [2.45, 2.75) is 37.5 Å². The molecule has 0 aromatic heterocycles. The van der Waals surface area contributed by atoms with E-state index in [-0.39, 0.29) is 28.7 Å². The van der Waals surface area contributed by atoms with Gasteiger partial charge in [0.25, 0.3) is 0 Å². The van der Waals surface area contributed by atoms with E-state index in [1.165, 1.54) is 11.8 Å². The van der Waals surface area contributed by atoms with E-state index in [2.05, 4.69) is 4.99 Å². The first-order chi connectivity index (χ1) is 11.4. The highest BCUT2D eigenvalue weighted by molar-refractivity contribution is 8.16. The quantitative estimate of drug-likeness (QED) is 0.795. The number of carbonyl (C=O) groups excluding carboxylic acids is 1. The van der Waals surface area contributed by atoms with Crippen LogP contribution in [0.15, 0.2) is 29.3 Å². The topological polar surface area (TPSA) is 66.8 Å². The zero-order chi connectivity index (χ0) is 17.3. The Balaban J connectivity index is 1.92. The van der Waals surface area contributed by atoms with Crippen molar-refractivity contribution < 1.29 is 13.2 Å². The van der Waals surface area contributed by atoms with Crippen molar-refractivity contribution in [3.05, 3.63) is 29.3 Å². The summed E-state index contributed by atoms with van der Waals surface area (Å²) in [7, 11) is -3.05. The lowest BCUT2D eigenvalue weighted by molar-refractivity contribution is -0.117. The Hall–Kier alpha value is -1.05. The van der Waals surface area contributed by atoms with Gasteiger partial charge in [0, 0.05) is 22.4 Å². The predicted molar refractivity (Wildman–Crippen MR) is 99.7 cm³/mol. The fraction of sp³-hybridized carbons (Fsp3) is 0.500. The summed E-state index contributed by atoms with van der Waals surface area (Å²) in [6.45, 7) is 2.03. The summed E-state index contributed by atoms with van der Waals surface area (Å²) in [6.07, 6.45) is 2.17. The van der Waals surface area contributed by atoms with Gasteiger partial charge in [-0.1, -0.05) is 36.7 Å². The summed E-state index contributed by atoms with van der Waals surface area (Å²) in [5.41, 5.74) is 0.818. The highest BCUT2D eigenvalue weighted by atomic mass is 35.5. The van der Waals surface area contributed by atoms with E-state index in [0.29, 0.717) is 16.6 Å². The van der Waals surface area contributed by atoms with Crippen LogP contribution >= 0.6 is 23.4 Å². The number of aliphatic imine (C=N–C) groups is 1. The molecule has 3 rings (SSSR count). The zero-order valence-electron chi connectivity index (χ0n) is 13.3. The maximum atomic E-state index is 12.1. The number of anilines is 1. The van der Waals surface area contributed by atoms with Gasteiger partial charge in [0.1, 0.15) is 0 Å². The Morgan fingerprint density at radius 1 is 1.33 bits per heavy atom. The van der Waals surface area contributed by atoms with Crippen LogP contribution in [-0.4, -0.2) is 42.3 Å². The van der Waals surface area contributed by atoms with Crippen LogP contribution in [0.3, 0.4) is 0 Å². The number of amidine groups is 1. The van der Waals surface area contributed by atoms with E-state index in [1.807, 2.05) is 24.0 Å². The second-order valence-corrected chi connectivity index (χ2v) is 9.84. The second kappa shape index (κ2) is 7.06. The standard InChI is InChI=1S/C16H19ClN2O3S2/c1-2-3-4-15(20)18-16-19(12-7-5-11(17)6-8-12)13-9-24(21,22)10-14(13)23-16/h5-8,13-14H,2-4,9-10H2,1H3/t13-,14-/m1/s1. The molecule has 0 spiro atoms. The van der Waals surface area contributed by atoms with E-state index >= 15 is 0 Å². The third kappa shape index (κ3) is 3.78. The van der Waals surface area contributed by atoms with Crippen LogP contribution in [0.4, 0.5) is 5.69 Å². The van der Waals surface area contributed by atoms with Crippen LogP contribution in [0.5, 0.6) is 0 Å². The number of fused-ring (bicyclic) bond motifs is 1. The number of halogens is 1. The summed E-state index contributed by atoms with van der Waals surface area (Å²) in [4.78, 5) is 18.2. The lowest BCUT2D eigenvalue weighted by atomic mass is 10.2. The number of amides is 1. The summed E-state index contributed by atoms with van der Waals surface area (Å²) in [6, 6.07) is 7.01. The van der Waals surface area contributed by atoms with Gasteiger partial charge in [-0.2, -0.15) is 4.99 Å². The van der Waals surface area contributed by atoms with Crippen molar-refractivity contribution in [3.63, 3.8) is 0 Å². The number of rotatable bonds is 4. The SMILES string of the molecule is CCCCC(=O)N=C1S[C@@H]2CS(=O)(=O)C[C@H]2N1c1ccc(Cl)cc1. The van der Waals surface area contributed by atoms with E-state index in [9.17, 15) is 13.2 Å². The molecule has 0 saturated carbocycles. The Morgan fingerprint density at radius 3 is 2.71 bits per heavy atom. The van der Waals surface area contributed by atoms with Crippen LogP contribution in [0.1, 0.15) is 26.2 Å². The molecule has 1 amide bonds. The van der Waals surface area contributed by atoms with Crippen molar-refractivity contribution in [1.82, 2.24) is 0 Å². The fourth-order valence-corrected chi connectivity index (χ4v) is 7.02. The zero-order valence-corrected chi connectivity index (χ0v) is 15.7. The molecule has 130 valence electrons. The molecule has 2 fully saturated rings. The molecule has 2 atom stereocenters. The Kier molecular flexibility index (Phi) is 5.22. The molecule has 0 aliphatic carbocycles. The van der Waals surface area contributed by atoms with Gasteiger partial charge >= 0.3 is 0 Å². The largest absolute Gasteiger partial charge is 0.316 e. The molecule has 0 bridgehead atoms. The molecule has 5 nitrogen and oxygen atoms in total. The summed E-state index contributed by atoms with van der Waals surface area (Å²) >= 11 is 7.34. The first-order valence-electron chi connectivity index (χ1n) is 7.93. The van der Waals surface area contributed by atoms with Crippen molar-refractivity contribution in [2.75, 3.05) is 16.4 Å². The van der Waals surface area contributed by atoms with E-state index in [0.717, 1.165) is 18.5 Å². The van der Waals surface area contributed by atoms with E-state index in [1.54, 1.807) is 12.1 Å². The van der Waals surface area contributed by atoms with Gasteiger partial charge in [0.05, 0.1) is 17.5 Å². The van der Waals surface area contributed by atoms with Gasteiger partial charge in [-0.25, -0.2) is 8.42 Å². The van der Waals surface area contributed by atoms with Crippen molar-refractivity contribution >= 4 is 50.0 Å². The van der Waals surface area contributed by atoms with Gasteiger partial charge in [0.15, 0.2) is 15.0 Å². The molecule has 2 aliphatic rings. The smallest absolute Gasteiger partial charge is 0.248 e. The average Bonchev–Trinajstić information content (AvgIpc) is 2.97. The monoisotopic (exact) mass is 386 g/mol. The first kappa shape index (κ1) is 17.8. The molecule has 8 heteroatoms. The summed E-state index contributed by atoms with van der Waals surface area (Å²) in [5, 5.41) is 1.13. The Morgan fingerprint density at radius 2 is 2.04 bits per heavy atom. The Bertz CT molecular complexity index is 762. The third-order valence-corrected chi connectivity index (χ3v) is 7.60. The number of hydrogen-bond acceptors (Lipinski definition) is 4. The molecule has 0 N–H and O–H groups in total. The highest BCUT2D eigenvalue weighted by Gasteiger charge is 2.49. The Labute approximate surface area is 151 Å². The molecule has 2 heterocycles. The van der Waals surface area contributed by atoms with Gasteiger partial charge in [-0.05, 0) is 30.7 Å². The van der Waals surface area contributed by atoms with Gasteiger partial charge < -0.3 is 4.90 Å². The maximum Gasteiger partial charge on any atom is 0.248 e. The number of benzene rings is 1. The van der Waals surface area contributed by atoms with Crippen LogP contribution < -0.4 is 4.90 Å². The van der Waals surface area contributed by atoms with Gasteiger partial charge in [-0.3, -0.25) is 4.79 Å². The minimum Gasteiger partial charge on any atom is -0.316 e. The lowest BCUT2D eigenvalue weighted by Gasteiger charge is -2.24. The van der Waals surface area contributed by atoms with Gasteiger partial charge in [-0.15, -0.1) is 0 Å². The van der Waals surface area contributed by atoms with Crippen LogP contribution in [0.2, 0.25) is 5.02 Å². The van der Waals surface area contributed by atoms with E-state index < -0.39 is 9.84 Å². The van der Waals surface area contributed by atoms with Crippen molar-refractivity contribution in [2.24, 2.45) is 4.99 Å². The molecule has 0 radical (unpaired) electrons. The molecule has 24 heavy (non-hydrogen) atoms. The number of nitrogens with zero attached hydrogens (tertiary/aromatic N) is 2. The number of carbonyl (C=O) groups is 1. The summed E-state index contributed by atoms with van der Waals surface area (Å²) < 4.78 is 24.0. The molecule has 1 aromatic carbocycles.